The van der Waals surface area contributed by atoms with Gasteiger partial charge in [0.2, 0.25) is 0 Å². The molecule has 2 N–H and O–H groups in total. The van der Waals surface area contributed by atoms with Crippen molar-refractivity contribution in [3.8, 4) is 0 Å². The van der Waals surface area contributed by atoms with Crippen LogP contribution in [-0.2, 0) is 13.1 Å². The average Bonchev–Trinajstić information content (AvgIpc) is 3.17. The van der Waals surface area contributed by atoms with Crippen molar-refractivity contribution in [1.29, 1.82) is 0 Å². The Morgan fingerprint density at radius 1 is 1.35 bits per heavy atom. The predicted molar refractivity (Wildman–Crippen MR) is 88.9 cm³/mol. The molecule has 2 aromatic heterocycles. The number of carbonyl (C=O) groups is 1. The number of amides is 1. The highest BCUT2D eigenvalue weighted by molar-refractivity contribution is 6.08. The van der Waals surface area contributed by atoms with Crippen LogP contribution in [0.15, 0.2) is 6.20 Å². The molecule has 0 saturated heterocycles. The van der Waals surface area contributed by atoms with E-state index in [2.05, 4.69) is 12.0 Å². The molecule has 0 radical (unpaired) electrons. The van der Waals surface area contributed by atoms with Crippen molar-refractivity contribution in [3.63, 3.8) is 0 Å². The molecule has 0 bridgehead atoms. The van der Waals surface area contributed by atoms with E-state index in [-0.39, 0.29) is 5.91 Å². The second kappa shape index (κ2) is 5.51. The largest absolute Gasteiger partial charge is 0.397 e. The van der Waals surface area contributed by atoms with Gasteiger partial charge in [-0.1, -0.05) is 19.8 Å². The molecular formula is C17H23N5O. The topological polar surface area (TPSA) is 77.0 Å². The van der Waals surface area contributed by atoms with E-state index < -0.39 is 0 Å². The van der Waals surface area contributed by atoms with Crippen molar-refractivity contribution < 1.29 is 4.79 Å². The van der Waals surface area contributed by atoms with Crippen LogP contribution >= 0.6 is 0 Å². The zero-order valence-corrected chi connectivity index (χ0v) is 13.6. The number of carbonyl (C=O) groups excluding carboxylic acids is 1. The van der Waals surface area contributed by atoms with Crippen LogP contribution < -0.4 is 5.73 Å². The van der Waals surface area contributed by atoms with Gasteiger partial charge in [-0.05, 0) is 25.2 Å². The number of pyridine rings is 1. The molecular weight excluding hydrogens is 290 g/mol. The minimum Gasteiger partial charge on any atom is -0.397 e. The smallest absolute Gasteiger partial charge is 0.258 e. The highest BCUT2D eigenvalue weighted by atomic mass is 16.2. The highest BCUT2D eigenvalue weighted by Crippen LogP contribution is 2.36. The SMILES string of the molecule is CCCCCn1ncc2c(N)c3c(nc21)CN(CC1CC1)C3=O. The van der Waals surface area contributed by atoms with Crippen LogP contribution in [0.1, 0.15) is 55.1 Å². The number of aromatic nitrogens is 3. The van der Waals surface area contributed by atoms with E-state index in [1.807, 2.05) is 9.58 Å². The molecule has 1 aliphatic carbocycles. The number of nitrogens with zero attached hydrogens (tertiary/aromatic N) is 4. The minimum atomic E-state index is 0.0394. The van der Waals surface area contributed by atoms with Gasteiger partial charge in [0, 0.05) is 13.1 Å². The summed E-state index contributed by atoms with van der Waals surface area (Å²) >= 11 is 0. The van der Waals surface area contributed by atoms with Crippen LogP contribution in [0.25, 0.3) is 11.0 Å². The van der Waals surface area contributed by atoms with Gasteiger partial charge in [-0.3, -0.25) is 4.79 Å². The van der Waals surface area contributed by atoms with Crippen LogP contribution in [0, 0.1) is 5.92 Å². The van der Waals surface area contributed by atoms with Gasteiger partial charge in [0.05, 0.1) is 35.1 Å². The Kier molecular flexibility index (Phi) is 3.47. The molecule has 3 heterocycles. The van der Waals surface area contributed by atoms with Gasteiger partial charge in [-0.2, -0.15) is 5.10 Å². The van der Waals surface area contributed by atoms with Crippen LogP contribution in [0.3, 0.4) is 0 Å². The van der Waals surface area contributed by atoms with Gasteiger partial charge < -0.3 is 10.6 Å². The summed E-state index contributed by atoms with van der Waals surface area (Å²) in [4.78, 5) is 19.3. The fraction of sp³-hybridized carbons (Fsp3) is 0.588. The van der Waals surface area contributed by atoms with E-state index in [4.69, 9.17) is 10.7 Å². The van der Waals surface area contributed by atoms with E-state index in [9.17, 15) is 4.79 Å². The van der Waals surface area contributed by atoms with Crippen LogP contribution in [-0.4, -0.2) is 32.1 Å². The normalized spacial score (nSPS) is 17.3. The first-order chi connectivity index (χ1) is 11.2. The van der Waals surface area contributed by atoms with Crippen molar-refractivity contribution in [2.45, 2.75) is 52.1 Å². The Balaban J connectivity index is 1.67. The zero-order chi connectivity index (χ0) is 16.0. The molecule has 2 aromatic rings. The summed E-state index contributed by atoms with van der Waals surface area (Å²) in [5, 5.41) is 5.23. The van der Waals surface area contributed by atoms with Gasteiger partial charge in [-0.25, -0.2) is 9.67 Å². The molecule has 0 atom stereocenters. The van der Waals surface area contributed by atoms with Crippen molar-refractivity contribution in [3.05, 3.63) is 17.5 Å². The number of anilines is 1. The number of aryl methyl sites for hydroxylation is 1. The van der Waals surface area contributed by atoms with E-state index in [0.29, 0.717) is 23.7 Å². The Morgan fingerprint density at radius 3 is 2.91 bits per heavy atom. The number of nitrogen functional groups attached to an aromatic ring is 1. The first kappa shape index (κ1) is 14.5. The molecule has 1 fully saturated rings. The fourth-order valence-corrected chi connectivity index (χ4v) is 3.36. The lowest BCUT2D eigenvalue weighted by Crippen LogP contribution is -2.26. The Labute approximate surface area is 135 Å². The average molecular weight is 313 g/mol. The lowest BCUT2D eigenvalue weighted by atomic mass is 10.1. The molecule has 6 heteroatoms. The van der Waals surface area contributed by atoms with Crippen molar-refractivity contribution >= 4 is 22.6 Å². The number of hydrogen-bond donors (Lipinski definition) is 1. The molecule has 0 spiro atoms. The van der Waals surface area contributed by atoms with Gasteiger partial charge in [0.15, 0.2) is 5.65 Å². The predicted octanol–water partition coefficient (Wildman–Crippen LogP) is 2.57. The molecule has 0 aromatic carbocycles. The van der Waals surface area contributed by atoms with E-state index >= 15 is 0 Å². The maximum Gasteiger partial charge on any atom is 0.258 e. The molecule has 1 saturated carbocycles. The number of nitrogens with two attached hydrogens (primary N) is 1. The fourth-order valence-electron chi connectivity index (χ4n) is 3.36. The highest BCUT2D eigenvalue weighted by Gasteiger charge is 2.36. The van der Waals surface area contributed by atoms with Crippen LogP contribution in [0.5, 0.6) is 0 Å². The minimum absolute atomic E-state index is 0.0394. The first-order valence-electron chi connectivity index (χ1n) is 8.62. The monoisotopic (exact) mass is 313 g/mol. The zero-order valence-electron chi connectivity index (χ0n) is 13.6. The Hall–Kier alpha value is -2.11. The standard InChI is InChI=1S/C17H23N5O/c1-2-3-4-7-22-16-12(8-19-22)15(18)14-13(20-16)10-21(17(14)23)9-11-5-6-11/h8,11H,2-7,9-10H2,1H3,(H2,18,20). The Bertz CT molecular complexity index is 762. The number of rotatable bonds is 6. The summed E-state index contributed by atoms with van der Waals surface area (Å²) in [6, 6.07) is 0. The summed E-state index contributed by atoms with van der Waals surface area (Å²) in [5.74, 6) is 0.714. The third-order valence-corrected chi connectivity index (χ3v) is 4.89. The van der Waals surface area contributed by atoms with Crippen LogP contribution in [0.4, 0.5) is 5.69 Å². The van der Waals surface area contributed by atoms with Gasteiger partial charge in [0.1, 0.15) is 0 Å². The molecule has 23 heavy (non-hydrogen) atoms. The first-order valence-corrected chi connectivity index (χ1v) is 8.62. The summed E-state index contributed by atoms with van der Waals surface area (Å²) in [6.45, 7) is 4.46. The third-order valence-electron chi connectivity index (χ3n) is 4.89. The van der Waals surface area contributed by atoms with Gasteiger partial charge >= 0.3 is 0 Å². The lowest BCUT2D eigenvalue weighted by Gasteiger charge is -2.14. The maximum absolute atomic E-state index is 12.6. The van der Waals surface area contributed by atoms with Gasteiger partial charge in [-0.15, -0.1) is 0 Å². The molecule has 122 valence electrons. The van der Waals surface area contributed by atoms with Crippen LogP contribution in [0.2, 0.25) is 0 Å². The molecule has 4 rings (SSSR count). The van der Waals surface area contributed by atoms with E-state index in [1.165, 1.54) is 25.7 Å². The number of fused-ring (bicyclic) bond motifs is 2. The summed E-state index contributed by atoms with van der Waals surface area (Å²) in [5.41, 5.74) is 9.09. The lowest BCUT2D eigenvalue weighted by molar-refractivity contribution is 0.0771. The van der Waals surface area contributed by atoms with E-state index in [0.717, 1.165) is 36.2 Å². The summed E-state index contributed by atoms with van der Waals surface area (Å²) in [6.07, 6.45) is 7.65. The van der Waals surface area contributed by atoms with Gasteiger partial charge in [0.25, 0.3) is 5.91 Å². The molecule has 1 amide bonds. The van der Waals surface area contributed by atoms with E-state index in [1.54, 1.807) is 6.20 Å². The van der Waals surface area contributed by atoms with Crippen molar-refractivity contribution in [1.82, 2.24) is 19.7 Å². The quantitative estimate of drug-likeness (QED) is 0.832. The van der Waals surface area contributed by atoms with Crippen molar-refractivity contribution in [2.24, 2.45) is 5.92 Å². The number of hydrogen-bond acceptors (Lipinski definition) is 4. The molecule has 1 aliphatic heterocycles. The second-order valence-electron chi connectivity index (χ2n) is 6.79. The van der Waals surface area contributed by atoms with Crippen molar-refractivity contribution in [2.75, 3.05) is 12.3 Å². The maximum atomic E-state index is 12.6. The third kappa shape index (κ3) is 2.46. The molecule has 6 nitrogen and oxygen atoms in total. The second-order valence-corrected chi connectivity index (χ2v) is 6.79. The Morgan fingerprint density at radius 2 is 2.17 bits per heavy atom. The molecule has 2 aliphatic rings. The summed E-state index contributed by atoms with van der Waals surface area (Å²) in [7, 11) is 0. The molecule has 0 unspecified atom stereocenters. The summed E-state index contributed by atoms with van der Waals surface area (Å²) < 4.78 is 1.93. The number of unbranched alkanes of at least 4 members (excludes halogenated alkanes) is 2.